The molecule has 24 heavy (non-hydrogen) atoms. The SMILES string of the molecule is CC[C@H](NC(=O)C(=O)Nc1cnccc1C)c1cc(F)ccc1F. The standard InChI is InChI=1S/C17H17F2N3O2/c1-3-14(12-8-11(18)4-5-13(12)19)21-16(23)17(24)22-15-9-20-7-6-10(15)2/h4-9,14H,3H2,1-2H3,(H,21,23)(H,22,24)/t14-/m0/s1. The third kappa shape index (κ3) is 4.13. The lowest BCUT2D eigenvalue weighted by atomic mass is 10.0. The second-order valence-electron chi connectivity index (χ2n) is 5.24. The fraction of sp³-hybridized carbons (Fsp3) is 0.235. The van der Waals surface area contributed by atoms with Gasteiger partial charge in [-0.05, 0) is 43.2 Å². The van der Waals surface area contributed by atoms with Crippen molar-refractivity contribution in [1.29, 1.82) is 0 Å². The number of aryl methyl sites for hydroxylation is 1. The molecule has 0 unspecified atom stereocenters. The van der Waals surface area contributed by atoms with Gasteiger partial charge < -0.3 is 10.6 Å². The number of pyridine rings is 1. The summed E-state index contributed by atoms with van der Waals surface area (Å²) in [4.78, 5) is 27.9. The van der Waals surface area contributed by atoms with Gasteiger partial charge in [-0.3, -0.25) is 14.6 Å². The summed E-state index contributed by atoms with van der Waals surface area (Å²) in [6.07, 6.45) is 3.28. The Morgan fingerprint density at radius 3 is 2.62 bits per heavy atom. The zero-order valence-electron chi connectivity index (χ0n) is 13.3. The van der Waals surface area contributed by atoms with Crippen molar-refractivity contribution < 1.29 is 18.4 Å². The van der Waals surface area contributed by atoms with Crippen LogP contribution in [-0.4, -0.2) is 16.8 Å². The number of anilines is 1. The van der Waals surface area contributed by atoms with Gasteiger partial charge in [-0.15, -0.1) is 0 Å². The van der Waals surface area contributed by atoms with Crippen molar-refractivity contribution in [3.8, 4) is 0 Å². The van der Waals surface area contributed by atoms with Crippen molar-refractivity contribution in [2.75, 3.05) is 5.32 Å². The number of halogens is 2. The van der Waals surface area contributed by atoms with Crippen LogP contribution in [0.3, 0.4) is 0 Å². The van der Waals surface area contributed by atoms with Gasteiger partial charge in [0, 0.05) is 11.8 Å². The van der Waals surface area contributed by atoms with Crippen LogP contribution in [0.4, 0.5) is 14.5 Å². The van der Waals surface area contributed by atoms with Crippen LogP contribution in [0.2, 0.25) is 0 Å². The molecule has 0 aliphatic rings. The van der Waals surface area contributed by atoms with Crippen LogP contribution in [0.15, 0.2) is 36.7 Å². The largest absolute Gasteiger partial charge is 0.341 e. The fourth-order valence-electron chi connectivity index (χ4n) is 2.18. The molecule has 0 fully saturated rings. The summed E-state index contributed by atoms with van der Waals surface area (Å²) >= 11 is 0. The number of rotatable bonds is 4. The van der Waals surface area contributed by atoms with Crippen LogP contribution < -0.4 is 10.6 Å². The molecule has 2 rings (SSSR count). The molecule has 126 valence electrons. The maximum atomic E-state index is 13.8. The summed E-state index contributed by atoms with van der Waals surface area (Å²) in [5, 5.41) is 4.85. The van der Waals surface area contributed by atoms with E-state index in [9.17, 15) is 18.4 Å². The maximum Gasteiger partial charge on any atom is 0.313 e. The van der Waals surface area contributed by atoms with Crippen LogP contribution in [0.25, 0.3) is 0 Å². The highest BCUT2D eigenvalue weighted by molar-refractivity contribution is 6.39. The predicted octanol–water partition coefficient (Wildman–Crippen LogP) is 2.87. The molecule has 2 amide bonds. The van der Waals surface area contributed by atoms with Gasteiger partial charge in [0.15, 0.2) is 0 Å². The van der Waals surface area contributed by atoms with Crippen molar-refractivity contribution in [2.45, 2.75) is 26.3 Å². The Labute approximate surface area is 138 Å². The van der Waals surface area contributed by atoms with Gasteiger partial charge in [0.05, 0.1) is 17.9 Å². The molecule has 0 aliphatic carbocycles. The molecule has 1 aromatic carbocycles. The third-order valence-corrected chi connectivity index (χ3v) is 3.54. The predicted molar refractivity (Wildman–Crippen MR) is 85.1 cm³/mol. The third-order valence-electron chi connectivity index (χ3n) is 3.54. The van der Waals surface area contributed by atoms with E-state index in [4.69, 9.17) is 0 Å². The zero-order valence-corrected chi connectivity index (χ0v) is 13.3. The summed E-state index contributed by atoms with van der Waals surface area (Å²) in [5.41, 5.74) is 1.15. The first-order valence-electron chi connectivity index (χ1n) is 7.39. The summed E-state index contributed by atoms with van der Waals surface area (Å²) < 4.78 is 27.1. The van der Waals surface area contributed by atoms with Crippen molar-refractivity contribution in [3.05, 3.63) is 59.4 Å². The molecule has 7 heteroatoms. The Balaban J connectivity index is 2.10. The second kappa shape index (κ2) is 7.63. The van der Waals surface area contributed by atoms with E-state index in [1.807, 2.05) is 0 Å². The highest BCUT2D eigenvalue weighted by Gasteiger charge is 2.22. The number of hydrogen-bond acceptors (Lipinski definition) is 3. The van der Waals surface area contributed by atoms with Gasteiger partial charge in [-0.1, -0.05) is 6.92 Å². The molecular formula is C17H17F2N3O2. The quantitative estimate of drug-likeness (QED) is 0.845. The minimum Gasteiger partial charge on any atom is -0.341 e. The molecule has 0 saturated heterocycles. The molecule has 2 aromatic rings. The number of nitrogens with zero attached hydrogens (tertiary/aromatic N) is 1. The number of carbonyl (C=O) groups is 2. The first kappa shape index (κ1) is 17.5. The van der Waals surface area contributed by atoms with Gasteiger partial charge in [-0.25, -0.2) is 8.78 Å². The Kier molecular flexibility index (Phi) is 5.57. The summed E-state index contributed by atoms with van der Waals surface area (Å²) in [6.45, 7) is 3.45. The minimum atomic E-state index is -0.936. The van der Waals surface area contributed by atoms with Gasteiger partial charge >= 0.3 is 11.8 Å². The van der Waals surface area contributed by atoms with Gasteiger partial charge in [-0.2, -0.15) is 0 Å². The highest BCUT2D eigenvalue weighted by Crippen LogP contribution is 2.21. The average Bonchev–Trinajstić information content (AvgIpc) is 2.56. The first-order valence-corrected chi connectivity index (χ1v) is 7.39. The minimum absolute atomic E-state index is 0.00351. The van der Waals surface area contributed by atoms with E-state index >= 15 is 0 Å². The lowest BCUT2D eigenvalue weighted by Crippen LogP contribution is -2.38. The lowest BCUT2D eigenvalue weighted by Gasteiger charge is -2.18. The van der Waals surface area contributed by atoms with E-state index in [0.29, 0.717) is 12.1 Å². The molecule has 0 spiro atoms. The van der Waals surface area contributed by atoms with Gasteiger partial charge in [0.2, 0.25) is 0 Å². The van der Waals surface area contributed by atoms with Crippen molar-refractivity contribution in [1.82, 2.24) is 10.3 Å². The van der Waals surface area contributed by atoms with Crippen LogP contribution in [0.1, 0.15) is 30.5 Å². The maximum absolute atomic E-state index is 13.8. The Hall–Kier alpha value is -2.83. The Morgan fingerprint density at radius 1 is 1.21 bits per heavy atom. The number of benzene rings is 1. The van der Waals surface area contributed by atoms with Crippen molar-refractivity contribution >= 4 is 17.5 Å². The molecule has 0 bridgehead atoms. The van der Waals surface area contributed by atoms with E-state index in [-0.39, 0.29) is 5.56 Å². The Morgan fingerprint density at radius 2 is 1.96 bits per heavy atom. The van der Waals surface area contributed by atoms with Crippen LogP contribution in [-0.2, 0) is 9.59 Å². The van der Waals surface area contributed by atoms with E-state index < -0.39 is 29.5 Å². The second-order valence-corrected chi connectivity index (χ2v) is 5.24. The molecule has 1 heterocycles. The summed E-state index contributed by atoms with van der Waals surface area (Å²) in [6, 6.07) is 3.86. The van der Waals surface area contributed by atoms with Crippen LogP contribution >= 0.6 is 0 Å². The van der Waals surface area contributed by atoms with E-state index in [1.54, 1.807) is 26.1 Å². The molecule has 5 nitrogen and oxygen atoms in total. The van der Waals surface area contributed by atoms with Crippen molar-refractivity contribution in [3.63, 3.8) is 0 Å². The molecule has 2 N–H and O–H groups in total. The highest BCUT2D eigenvalue weighted by atomic mass is 19.1. The van der Waals surface area contributed by atoms with Gasteiger partial charge in [0.25, 0.3) is 0 Å². The molecule has 0 aliphatic heterocycles. The molecule has 0 saturated carbocycles. The lowest BCUT2D eigenvalue weighted by molar-refractivity contribution is -0.136. The number of nitrogens with one attached hydrogen (secondary N) is 2. The van der Waals surface area contributed by atoms with Crippen molar-refractivity contribution in [2.24, 2.45) is 0 Å². The first-order chi connectivity index (χ1) is 11.4. The summed E-state index contributed by atoms with van der Waals surface area (Å²) in [7, 11) is 0. The monoisotopic (exact) mass is 333 g/mol. The topological polar surface area (TPSA) is 71.1 Å². The fourth-order valence-corrected chi connectivity index (χ4v) is 2.18. The molecular weight excluding hydrogens is 316 g/mol. The van der Waals surface area contributed by atoms with E-state index in [0.717, 1.165) is 23.8 Å². The summed E-state index contributed by atoms with van der Waals surface area (Å²) in [5.74, 6) is -3.10. The number of carbonyl (C=O) groups excluding carboxylic acids is 2. The molecule has 1 atom stereocenters. The number of hydrogen-bond donors (Lipinski definition) is 2. The van der Waals surface area contributed by atoms with E-state index in [2.05, 4.69) is 15.6 Å². The Bertz CT molecular complexity index is 765. The zero-order chi connectivity index (χ0) is 17.7. The smallest absolute Gasteiger partial charge is 0.313 e. The molecule has 0 radical (unpaired) electrons. The average molecular weight is 333 g/mol. The van der Waals surface area contributed by atoms with Gasteiger partial charge in [0.1, 0.15) is 11.6 Å². The molecule has 1 aromatic heterocycles. The van der Waals surface area contributed by atoms with Crippen LogP contribution in [0.5, 0.6) is 0 Å². The van der Waals surface area contributed by atoms with Crippen LogP contribution in [0, 0.1) is 18.6 Å². The number of aromatic nitrogens is 1. The number of amides is 2. The normalized spacial score (nSPS) is 11.7. The van der Waals surface area contributed by atoms with E-state index in [1.165, 1.54) is 6.20 Å².